The van der Waals surface area contributed by atoms with Gasteiger partial charge in [-0.3, -0.25) is 9.78 Å². The number of hydrogen-bond acceptors (Lipinski definition) is 3. The lowest BCUT2D eigenvalue weighted by atomic mass is 9.97. The van der Waals surface area contributed by atoms with Gasteiger partial charge in [-0.2, -0.15) is 0 Å². The fraction of sp³-hybridized carbons (Fsp3) is 0.200. The summed E-state index contributed by atoms with van der Waals surface area (Å²) in [5, 5.41) is 9.44. The van der Waals surface area contributed by atoms with E-state index in [4.69, 9.17) is 0 Å². The van der Waals surface area contributed by atoms with Crippen molar-refractivity contribution in [2.45, 2.75) is 12.8 Å². The van der Waals surface area contributed by atoms with Gasteiger partial charge in [0, 0.05) is 23.9 Å². The maximum absolute atomic E-state index is 12.2. The van der Waals surface area contributed by atoms with Crippen LogP contribution in [0.4, 0.5) is 0 Å². The summed E-state index contributed by atoms with van der Waals surface area (Å²) in [6, 6.07) is 8.85. The first-order valence-electron chi connectivity index (χ1n) is 5.99. The van der Waals surface area contributed by atoms with Crippen molar-refractivity contribution < 1.29 is 9.90 Å². The summed E-state index contributed by atoms with van der Waals surface area (Å²) in [6.45, 7) is 0. The van der Waals surface area contributed by atoms with Gasteiger partial charge >= 0.3 is 0 Å². The number of fused-ring (bicyclic) bond motifs is 1. The van der Waals surface area contributed by atoms with Gasteiger partial charge in [-0.1, -0.05) is 6.07 Å². The molecule has 0 saturated heterocycles. The van der Waals surface area contributed by atoms with Gasteiger partial charge in [-0.25, -0.2) is 0 Å². The first-order chi connectivity index (χ1) is 8.74. The van der Waals surface area contributed by atoms with E-state index in [1.54, 1.807) is 30.6 Å². The van der Waals surface area contributed by atoms with Crippen LogP contribution in [-0.4, -0.2) is 15.9 Å². The van der Waals surface area contributed by atoms with E-state index in [0.717, 1.165) is 16.7 Å². The molecule has 1 N–H and O–H groups in total. The number of phenolic OH excluding ortho intramolecular Hbond substituents is 1. The lowest BCUT2D eigenvalue weighted by Gasteiger charge is -2.06. The van der Waals surface area contributed by atoms with Gasteiger partial charge < -0.3 is 5.11 Å². The standard InChI is InChI=1S/C15H13NO2/c17-13-3-4-14-11(8-13)7-12(15(14)18)6-10-2-1-5-16-9-10/h1-5,8-9,12,17H,6-7H2. The van der Waals surface area contributed by atoms with Crippen LogP contribution in [0.3, 0.4) is 0 Å². The Hall–Kier alpha value is -2.16. The second-order valence-electron chi connectivity index (χ2n) is 4.67. The van der Waals surface area contributed by atoms with Crippen molar-refractivity contribution >= 4 is 5.78 Å². The second-order valence-corrected chi connectivity index (χ2v) is 4.67. The van der Waals surface area contributed by atoms with Crippen LogP contribution in [0.1, 0.15) is 21.5 Å². The van der Waals surface area contributed by atoms with Gasteiger partial charge in [0.15, 0.2) is 5.78 Å². The van der Waals surface area contributed by atoms with E-state index in [0.29, 0.717) is 12.8 Å². The topological polar surface area (TPSA) is 50.2 Å². The summed E-state index contributed by atoms with van der Waals surface area (Å²) < 4.78 is 0. The maximum Gasteiger partial charge on any atom is 0.166 e. The van der Waals surface area contributed by atoms with Crippen molar-refractivity contribution in [1.29, 1.82) is 0 Å². The zero-order valence-electron chi connectivity index (χ0n) is 9.84. The third-order valence-electron chi connectivity index (χ3n) is 3.40. The molecule has 0 amide bonds. The molecule has 1 aliphatic rings. The van der Waals surface area contributed by atoms with Crippen LogP contribution in [0.25, 0.3) is 0 Å². The number of Topliss-reactive ketones (excluding diaryl/α,β-unsaturated/α-hetero) is 1. The molecule has 3 heteroatoms. The summed E-state index contributed by atoms with van der Waals surface area (Å²) in [4.78, 5) is 16.3. The van der Waals surface area contributed by atoms with Crippen LogP contribution in [0.5, 0.6) is 5.75 Å². The number of pyridine rings is 1. The van der Waals surface area contributed by atoms with Gasteiger partial charge in [0.05, 0.1) is 0 Å². The Morgan fingerprint density at radius 1 is 1.33 bits per heavy atom. The van der Waals surface area contributed by atoms with Crippen molar-refractivity contribution in [2.24, 2.45) is 5.92 Å². The monoisotopic (exact) mass is 239 g/mol. The molecule has 1 aromatic carbocycles. The Balaban J connectivity index is 1.84. The fourth-order valence-corrected chi connectivity index (χ4v) is 2.54. The largest absolute Gasteiger partial charge is 0.508 e. The second kappa shape index (κ2) is 4.26. The molecule has 3 nitrogen and oxygen atoms in total. The summed E-state index contributed by atoms with van der Waals surface area (Å²) in [7, 11) is 0. The van der Waals surface area contributed by atoms with Gasteiger partial charge in [-0.15, -0.1) is 0 Å². The van der Waals surface area contributed by atoms with E-state index in [9.17, 15) is 9.90 Å². The number of ketones is 1. The molecule has 2 aromatic rings. The number of nitrogens with zero attached hydrogens (tertiary/aromatic N) is 1. The summed E-state index contributed by atoms with van der Waals surface area (Å²) in [6.07, 6.45) is 4.94. The number of phenols is 1. The summed E-state index contributed by atoms with van der Waals surface area (Å²) >= 11 is 0. The van der Waals surface area contributed by atoms with E-state index in [-0.39, 0.29) is 17.5 Å². The maximum atomic E-state index is 12.2. The molecular weight excluding hydrogens is 226 g/mol. The zero-order chi connectivity index (χ0) is 12.5. The van der Waals surface area contributed by atoms with Crippen LogP contribution in [0, 0.1) is 5.92 Å². The van der Waals surface area contributed by atoms with Crippen molar-refractivity contribution in [1.82, 2.24) is 4.98 Å². The smallest absolute Gasteiger partial charge is 0.166 e. The minimum Gasteiger partial charge on any atom is -0.508 e. The molecule has 0 radical (unpaired) electrons. The molecule has 1 heterocycles. The van der Waals surface area contributed by atoms with Crippen molar-refractivity contribution in [3.05, 3.63) is 59.4 Å². The van der Waals surface area contributed by atoms with Crippen LogP contribution in [-0.2, 0) is 12.8 Å². The lowest BCUT2D eigenvalue weighted by Crippen LogP contribution is -2.12. The number of hydrogen-bond donors (Lipinski definition) is 1. The van der Waals surface area contributed by atoms with Crippen LogP contribution in [0.2, 0.25) is 0 Å². The predicted octanol–water partition coefficient (Wildman–Crippen LogP) is 2.38. The molecule has 0 bridgehead atoms. The minimum absolute atomic E-state index is 0.0222. The van der Waals surface area contributed by atoms with Gasteiger partial charge in [-0.05, 0) is 48.2 Å². The molecule has 90 valence electrons. The molecule has 0 aliphatic heterocycles. The van der Waals surface area contributed by atoms with Gasteiger partial charge in [0.1, 0.15) is 5.75 Å². The fourth-order valence-electron chi connectivity index (χ4n) is 2.54. The molecule has 0 fully saturated rings. The Morgan fingerprint density at radius 2 is 2.22 bits per heavy atom. The predicted molar refractivity (Wildman–Crippen MR) is 67.6 cm³/mol. The van der Waals surface area contributed by atoms with E-state index < -0.39 is 0 Å². The Labute approximate surface area is 105 Å². The Kier molecular flexibility index (Phi) is 2.59. The molecule has 1 atom stereocenters. The third kappa shape index (κ3) is 1.88. The molecule has 3 rings (SSSR count). The number of carbonyl (C=O) groups is 1. The molecule has 1 aromatic heterocycles. The summed E-state index contributed by atoms with van der Waals surface area (Å²) in [5.74, 6) is 0.378. The normalized spacial score (nSPS) is 17.8. The van der Waals surface area contributed by atoms with Gasteiger partial charge in [0.25, 0.3) is 0 Å². The Morgan fingerprint density at radius 3 is 3.00 bits per heavy atom. The number of carbonyl (C=O) groups excluding carboxylic acids is 1. The van der Waals surface area contributed by atoms with Crippen molar-refractivity contribution in [3.8, 4) is 5.75 Å². The van der Waals surface area contributed by atoms with E-state index in [1.165, 1.54) is 0 Å². The lowest BCUT2D eigenvalue weighted by molar-refractivity contribution is 0.0936. The Bertz CT molecular complexity index is 593. The van der Waals surface area contributed by atoms with Crippen molar-refractivity contribution in [2.75, 3.05) is 0 Å². The molecule has 1 unspecified atom stereocenters. The quantitative estimate of drug-likeness (QED) is 0.875. The molecule has 0 spiro atoms. The van der Waals surface area contributed by atoms with Crippen LogP contribution < -0.4 is 0 Å². The molecular formula is C15H13NO2. The highest BCUT2D eigenvalue weighted by atomic mass is 16.3. The first kappa shape index (κ1) is 11.0. The van der Waals surface area contributed by atoms with E-state index >= 15 is 0 Å². The van der Waals surface area contributed by atoms with Gasteiger partial charge in [0.2, 0.25) is 0 Å². The molecule has 18 heavy (non-hydrogen) atoms. The zero-order valence-corrected chi connectivity index (χ0v) is 9.84. The first-order valence-corrected chi connectivity index (χ1v) is 5.99. The average molecular weight is 239 g/mol. The van der Waals surface area contributed by atoms with Crippen LogP contribution >= 0.6 is 0 Å². The highest BCUT2D eigenvalue weighted by molar-refractivity contribution is 6.02. The summed E-state index contributed by atoms with van der Waals surface area (Å²) in [5.41, 5.74) is 2.78. The van der Waals surface area contributed by atoms with Crippen molar-refractivity contribution in [3.63, 3.8) is 0 Å². The number of aromatic nitrogens is 1. The number of aromatic hydroxyl groups is 1. The average Bonchev–Trinajstić information content (AvgIpc) is 2.67. The number of benzene rings is 1. The molecule has 0 saturated carbocycles. The highest BCUT2D eigenvalue weighted by Gasteiger charge is 2.30. The number of rotatable bonds is 2. The highest BCUT2D eigenvalue weighted by Crippen LogP contribution is 2.31. The third-order valence-corrected chi connectivity index (χ3v) is 3.40. The SMILES string of the molecule is O=C1c2ccc(O)cc2CC1Cc1cccnc1. The van der Waals surface area contributed by atoms with Crippen LogP contribution in [0.15, 0.2) is 42.7 Å². The molecule has 1 aliphatic carbocycles. The van der Waals surface area contributed by atoms with E-state index in [1.807, 2.05) is 12.1 Å². The minimum atomic E-state index is -0.0222. The van der Waals surface area contributed by atoms with E-state index in [2.05, 4.69) is 4.98 Å².